The number of amides is 1. The smallest absolute Gasteiger partial charge is 0.406 e. The standard InChI is InChI=1S/C7H6F3N3O2/c8-7(9,10)15-5-1-2-11-6(3-5)13-12-4-14/h1-4H,(H,11,13)(H,12,14). The molecule has 5 nitrogen and oxygen atoms in total. The summed E-state index contributed by atoms with van der Waals surface area (Å²) >= 11 is 0. The molecule has 15 heavy (non-hydrogen) atoms. The van der Waals surface area contributed by atoms with Crippen molar-refractivity contribution in [2.24, 2.45) is 0 Å². The zero-order valence-electron chi connectivity index (χ0n) is 7.21. The van der Waals surface area contributed by atoms with E-state index >= 15 is 0 Å². The van der Waals surface area contributed by atoms with Gasteiger partial charge in [0.2, 0.25) is 6.41 Å². The molecule has 82 valence electrons. The van der Waals surface area contributed by atoms with Gasteiger partial charge in [0.1, 0.15) is 11.6 Å². The summed E-state index contributed by atoms with van der Waals surface area (Å²) in [6, 6.07) is 2.03. The molecule has 2 N–H and O–H groups in total. The number of halogens is 3. The molecule has 0 bridgehead atoms. The number of aromatic nitrogens is 1. The van der Waals surface area contributed by atoms with Crippen LogP contribution in [0.2, 0.25) is 0 Å². The molecule has 0 spiro atoms. The van der Waals surface area contributed by atoms with Crippen LogP contribution >= 0.6 is 0 Å². The molecule has 0 aliphatic heterocycles. The summed E-state index contributed by atoms with van der Waals surface area (Å²) in [6.07, 6.45) is -3.33. The van der Waals surface area contributed by atoms with Gasteiger partial charge < -0.3 is 4.74 Å². The predicted octanol–water partition coefficient (Wildman–Crippen LogP) is 1.05. The van der Waals surface area contributed by atoms with E-state index in [2.05, 4.69) is 15.1 Å². The molecule has 0 aliphatic carbocycles. The van der Waals surface area contributed by atoms with E-state index in [0.29, 0.717) is 6.41 Å². The first kappa shape index (κ1) is 11.1. The summed E-state index contributed by atoms with van der Waals surface area (Å²) in [7, 11) is 0. The van der Waals surface area contributed by atoms with Gasteiger partial charge in [-0.25, -0.2) is 4.98 Å². The molecule has 1 aromatic heterocycles. The number of nitrogens with zero attached hydrogens (tertiary/aromatic N) is 1. The maximum atomic E-state index is 11.8. The van der Waals surface area contributed by atoms with Gasteiger partial charge in [0, 0.05) is 12.3 Å². The van der Waals surface area contributed by atoms with Crippen LogP contribution in [0.5, 0.6) is 5.75 Å². The number of alkyl halides is 3. The monoisotopic (exact) mass is 221 g/mol. The molecule has 0 aliphatic rings. The number of rotatable bonds is 4. The minimum atomic E-state index is -4.75. The lowest BCUT2D eigenvalue weighted by atomic mass is 10.4. The Labute approximate surface area is 82.2 Å². The Morgan fingerprint density at radius 1 is 1.47 bits per heavy atom. The van der Waals surface area contributed by atoms with Crippen molar-refractivity contribution >= 4 is 12.2 Å². The third-order valence-electron chi connectivity index (χ3n) is 1.22. The lowest BCUT2D eigenvalue weighted by Gasteiger charge is -2.09. The van der Waals surface area contributed by atoms with Crippen molar-refractivity contribution in [2.75, 3.05) is 5.43 Å². The Kier molecular flexibility index (Phi) is 3.32. The average Bonchev–Trinajstić information content (AvgIpc) is 2.12. The Morgan fingerprint density at radius 2 is 2.20 bits per heavy atom. The van der Waals surface area contributed by atoms with E-state index in [4.69, 9.17) is 0 Å². The van der Waals surface area contributed by atoms with Crippen LogP contribution in [-0.2, 0) is 4.79 Å². The fourth-order valence-electron chi connectivity index (χ4n) is 0.780. The molecule has 0 unspecified atom stereocenters. The van der Waals surface area contributed by atoms with E-state index in [1.165, 1.54) is 0 Å². The van der Waals surface area contributed by atoms with Crippen LogP contribution < -0.4 is 15.6 Å². The maximum Gasteiger partial charge on any atom is 0.573 e. The summed E-state index contributed by atoms with van der Waals surface area (Å²) in [5.74, 6) is -0.392. The zero-order chi connectivity index (χ0) is 11.3. The molecule has 1 amide bonds. The van der Waals surface area contributed by atoms with E-state index < -0.39 is 12.1 Å². The number of hydrogen-bond acceptors (Lipinski definition) is 4. The summed E-state index contributed by atoms with van der Waals surface area (Å²) in [6.45, 7) is 0. The third kappa shape index (κ3) is 4.16. The van der Waals surface area contributed by atoms with E-state index in [9.17, 15) is 18.0 Å². The zero-order valence-corrected chi connectivity index (χ0v) is 7.21. The highest BCUT2D eigenvalue weighted by Gasteiger charge is 2.31. The Balaban J connectivity index is 2.69. The fourth-order valence-corrected chi connectivity index (χ4v) is 0.780. The van der Waals surface area contributed by atoms with Crippen molar-refractivity contribution in [3.8, 4) is 5.75 Å². The molecule has 0 aromatic carbocycles. The number of carbonyl (C=O) groups is 1. The van der Waals surface area contributed by atoms with Gasteiger partial charge in [-0.1, -0.05) is 0 Å². The molecular weight excluding hydrogens is 215 g/mol. The van der Waals surface area contributed by atoms with Crippen LogP contribution in [0.1, 0.15) is 0 Å². The highest BCUT2D eigenvalue weighted by atomic mass is 19.4. The van der Waals surface area contributed by atoms with Crippen LogP contribution in [0.15, 0.2) is 18.3 Å². The maximum absolute atomic E-state index is 11.8. The molecule has 0 saturated carbocycles. The highest BCUT2D eigenvalue weighted by Crippen LogP contribution is 2.23. The van der Waals surface area contributed by atoms with Gasteiger partial charge in [0.05, 0.1) is 0 Å². The Morgan fingerprint density at radius 3 is 2.80 bits per heavy atom. The molecule has 1 rings (SSSR count). The molecule has 0 saturated heterocycles. The molecule has 0 radical (unpaired) electrons. The molecule has 1 aromatic rings. The molecule has 1 heterocycles. The van der Waals surface area contributed by atoms with Crippen molar-refractivity contribution < 1.29 is 22.7 Å². The number of hydrogen-bond donors (Lipinski definition) is 2. The largest absolute Gasteiger partial charge is 0.573 e. The second-order valence-electron chi connectivity index (χ2n) is 2.31. The third-order valence-corrected chi connectivity index (χ3v) is 1.22. The van der Waals surface area contributed by atoms with Crippen molar-refractivity contribution in [3.05, 3.63) is 18.3 Å². The number of nitrogens with one attached hydrogen (secondary N) is 2. The summed E-state index contributed by atoms with van der Waals surface area (Å²) in [5, 5.41) is 0. The SMILES string of the molecule is O=CNNc1cc(OC(F)(F)F)ccn1. The Bertz CT molecular complexity index is 342. The first-order chi connectivity index (χ1) is 7.01. The number of anilines is 1. The van der Waals surface area contributed by atoms with E-state index in [1.54, 1.807) is 0 Å². The normalized spacial score (nSPS) is 10.6. The van der Waals surface area contributed by atoms with Gasteiger partial charge in [0.15, 0.2) is 0 Å². The van der Waals surface area contributed by atoms with Gasteiger partial charge in [-0.3, -0.25) is 15.6 Å². The van der Waals surface area contributed by atoms with Crippen LogP contribution in [0.25, 0.3) is 0 Å². The topological polar surface area (TPSA) is 63.2 Å². The van der Waals surface area contributed by atoms with Gasteiger partial charge in [-0.2, -0.15) is 0 Å². The number of carbonyl (C=O) groups excluding carboxylic acids is 1. The van der Waals surface area contributed by atoms with E-state index in [1.807, 2.05) is 5.43 Å². The minimum absolute atomic E-state index is 0.0313. The second-order valence-corrected chi connectivity index (χ2v) is 2.31. The van der Waals surface area contributed by atoms with E-state index in [0.717, 1.165) is 18.3 Å². The van der Waals surface area contributed by atoms with Crippen LogP contribution in [0.3, 0.4) is 0 Å². The first-order valence-electron chi connectivity index (χ1n) is 3.68. The van der Waals surface area contributed by atoms with Crippen LogP contribution in [0, 0.1) is 0 Å². The van der Waals surface area contributed by atoms with Gasteiger partial charge >= 0.3 is 6.36 Å². The molecule has 8 heteroatoms. The average molecular weight is 221 g/mol. The second kappa shape index (κ2) is 4.49. The first-order valence-corrected chi connectivity index (χ1v) is 3.68. The van der Waals surface area contributed by atoms with Crippen molar-refractivity contribution in [2.45, 2.75) is 6.36 Å². The lowest BCUT2D eigenvalue weighted by Crippen LogP contribution is -2.20. The van der Waals surface area contributed by atoms with Gasteiger partial charge in [-0.05, 0) is 6.07 Å². The lowest BCUT2D eigenvalue weighted by molar-refractivity contribution is -0.274. The minimum Gasteiger partial charge on any atom is -0.406 e. The molecule has 0 fully saturated rings. The van der Waals surface area contributed by atoms with Crippen LogP contribution in [0.4, 0.5) is 19.0 Å². The Hall–Kier alpha value is -1.99. The quantitative estimate of drug-likeness (QED) is 0.589. The van der Waals surface area contributed by atoms with Crippen LogP contribution in [-0.4, -0.2) is 17.8 Å². The summed E-state index contributed by atoms with van der Waals surface area (Å²) in [5.41, 5.74) is 4.27. The van der Waals surface area contributed by atoms with E-state index in [-0.39, 0.29) is 5.82 Å². The molecular formula is C7H6F3N3O2. The van der Waals surface area contributed by atoms with Crippen molar-refractivity contribution in [1.82, 2.24) is 10.4 Å². The number of hydrazine groups is 1. The number of pyridine rings is 1. The van der Waals surface area contributed by atoms with Gasteiger partial charge in [-0.15, -0.1) is 13.2 Å². The van der Waals surface area contributed by atoms with Crippen molar-refractivity contribution in [1.29, 1.82) is 0 Å². The summed E-state index contributed by atoms with van der Waals surface area (Å²) < 4.78 is 39.0. The highest BCUT2D eigenvalue weighted by molar-refractivity contribution is 5.51. The molecule has 0 atom stereocenters. The van der Waals surface area contributed by atoms with Gasteiger partial charge in [0.25, 0.3) is 0 Å². The predicted molar refractivity (Wildman–Crippen MR) is 43.7 cm³/mol. The summed E-state index contributed by atoms with van der Waals surface area (Å²) in [4.78, 5) is 13.5. The fraction of sp³-hybridized carbons (Fsp3) is 0.143. The number of ether oxygens (including phenoxy) is 1. The van der Waals surface area contributed by atoms with Crippen molar-refractivity contribution in [3.63, 3.8) is 0 Å².